The minimum absolute atomic E-state index is 0.130. The number of carbonyl (C=O) groups is 1. The maximum absolute atomic E-state index is 11.6. The van der Waals surface area contributed by atoms with Crippen LogP contribution in [0.25, 0.3) is 10.9 Å². The van der Waals surface area contributed by atoms with Gasteiger partial charge in [0.15, 0.2) is 0 Å². The van der Waals surface area contributed by atoms with Crippen LogP contribution in [-0.4, -0.2) is 18.0 Å². The van der Waals surface area contributed by atoms with Crippen LogP contribution in [0.2, 0.25) is 0 Å². The number of methoxy groups -OCH3 is 1. The van der Waals surface area contributed by atoms with Crippen molar-refractivity contribution in [1.29, 1.82) is 0 Å². The number of carbonyl (C=O) groups excluding carboxylic acids is 1. The van der Waals surface area contributed by atoms with Crippen molar-refractivity contribution in [3.8, 4) is 5.75 Å². The van der Waals surface area contributed by atoms with Crippen molar-refractivity contribution in [3.05, 3.63) is 65.4 Å². The van der Waals surface area contributed by atoms with Gasteiger partial charge in [-0.3, -0.25) is 0 Å². The standard InChI is InChI=1S/C23H25NO2/c1-3-19-17(15-25)9-12-21-23(19)20-11-10-18(26-2)13-22(20)24(21)14-16-7-5-4-6-8-16/h4-8,10-11,13,15,17,19H,3,9,12,14H2,1-2H3/t17-,19-/m1/s1. The molecule has 134 valence electrons. The van der Waals surface area contributed by atoms with Crippen molar-refractivity contribution in [3.63, 3.8) is 0 Å². The van der Waals surface area contributed by atoms with Gasteiger partial charge >= 0.3 is 0 Å². The van der Waals surface area contributed by atoms with Gasteiger partial charge < -0.3 is 14.1 Å². The summed E-state index contributed by atoms with van der Waals surface area (Å²) in [6.45, 7) is 3.04. The van der Waals surface area contributed by atoms with Crippen LogP contribution in [0.15, 0.2) is 48.5 Å². The van der Waals surface area contributed by atoms with Crippen LogP contribution in [0.3, 0.4) is 0 Å². The van der Waals surface area contributed by atoms with Crippen LogP contribution >= 0.6 is 0 Å². The molecule has 3 aromatic rings. The monoisotopic (exact) mass is 347 g/mol. The molecule has 3 nitrogen and oxygen atoms in total. The molecule has 0 bridgehead atoms. The zero-order chi connectivity index (χ0) is 18.1. The lowest BCUT2D eigenvalue weighted by molar-refractivity contribution is -0.112. The Hall–Kier alpha value is -2.55. The van der Waals surface area contributed by atoms with Gasteiger partial charge in [0.05, 0.1) is 12.6 Å². The Balaban J connectivity index is 1.94. The van der Waals surface area contributed by atoms with Gasteiger partial charge in [-0.25, -0.2) is 0 Å². The molecule has 26 heavy (non-hydrogen) atoms. The van der Waals surface area contributed by atoms with Crippen molar-refractivity contribution < 1.29 is 9.53 Å². The summed E-state index contributed by atoms with van der Waals surface area (Å²) in [4.78, 5) is 11.6. The average Bonchev–Trinajstić information content (AvgIpc) is 3.01. The second-order valence-electron chi connectivity index (χ2n) is 7.17. The summed E-state index contributed by atoms with van der Waals surface area (Å²) >= 11 is 0. The molecule has 0 aliphatic heterocycles. The van der Waals surface area contributed by atoms with Crippen molar-refractivity contribution in [2.24, 2.45) is 5.92 Å². The Bertz CT molecular complexity index is 926. The molecule has 0 N–H and O–H groups in total. The first-order chi connectivity index (χ1) is 12.8. The maximum Gasteiger partial charge on any atom is 0.123 e. The summed E-state index contributed by atoms with van der Waals surface area (Å²) in [5.74, 6) is 1.32. The Labute approximate surface area is 154 Å². The Kier molecular flexibility index (Phi) is 4.54. The fourth-order valence-electron chi connectivity index (χ4n) is 4.55. The predicted molar refractivity (Wildman–Crippen MR) is 105 cm³/mol. The van der Waals surface area contributed by atoms with Crippen molar-refractivity contribution in [2.75, 3.05) is 7.11 Å². The second kappa shape index (κ2) is 6.99. The molecule has 0 saturated carbocycles. The molecule has 0 unspecified atom stereocenters. The lowest BCUT2D eigenvalue weighted by Crippen LogP contribution is -2.22. The summed E-state index contributed by atoms with van der Waals surface area (Å²) < 4.78 is 7.92. The van der Waals surface area contributed by atoms with Crippen molar-refractivity contribution in [2.45, 2.75) is 38.6 Å². The Morgan fingerprint density at radius 2 is 2.00 bits per heavy atom. The van der Waals surface area contributed by atoms with Crippen LogP contribution in [0.4, 0.5) is 0 Å². The molecule has 0 spiro atoms. The Morgan fingerprint density at radius 3 is 2.69 bits per heavy atom. The van der Waals surface area contributed by atoms with E-state index in [1.165, 1.54) is 34.0 Å². The molecular formula is C23H25NO2. The van der Waals surface area contributed by atoms with Gasteiger partial charge in [-0.15, -0.1) is 0 Å². The van der Waals surface area contributed by atoms with Gasteiger partial charge in [0.1, 0.15) is 12.0 Å². The zero-order valence-electron chi connectivity index (χ0n) is 15.4. The number of rotatable bonds is 5. The van der Waals surface area contributed by atoms with E-state index in [0.29, 0.717) is 5.92 Å². The minimum atomic E-state index is 0.130. The second-order valence-corrected chi connectivity index (χ2v) is 7.17. The first-order valence-electron chi connectivity index (χ1n) is 9.45. The molecule has 0 fully saturated rings. The van der Waals surface area contributed by atoms with Crippen molar-refractivity contribution in [1.82, 2.24) is 4.57 Å². The number of hydrogen-bond donors (Lipinski definition) is 0. The third kappa shape index (κ3) is 2.72. The van der Waals surface area contributed by atoms with Gasteiger partial charge in [0, 0.05) is 29.6 Å². The number of aldehydes is 1. The molecule has 1 heterocycles. The molecule has 0 amide bonds. The summed E-state index contributed by atoms with van der Waals surface area (Å²) in [5, 5.41) is 1.27. The maximum atomic E-state index is 11.6. The molecule has 0 radical (unpaired) electrons. The minimum Gasteiger partial charge on any atom is -0.497 e. The molecule has 1 aromatic heterocycles. The molecule has 4 rings (SSSR count). The van der Waals surface area contributed by atoms with Crippen LogP contribution in [0.1, 0.15) is 42.5 Å². The molecule has 1 aliphatic rings. The fourth-order valence-corrected chi connectivity index (χ4v) is 4.55. The fraction of sp³-hybridized carbons (Fsp3) is 0.348. The highest BCUT2D eigenvalue weighted by molar-refractivity contribution is 5.88. The average molecular weight is 347 g/mol. The third-order valence-corrected chi connectivity index (χ3v) is 5.82. The highest BCUT2D eigenvalue weighted by Gasteiger charge is 2.33. The normalized spacial score (nSPS) is 19.3. The van der Waals surface area contributed by atoms with E-state index in [4.69, 9.17) is 4.74 Å². The molecule has 2 aromatic carbocycles. The Morgan fingerprint density at radius 1 is 1.19 bits per heavy atom. The number of benzene rings is 2. The van der Waals surface area contributed by atoms with E-state index in [1.54, 1.807) is 7.11 Å². The lowest BCUT2D eigenvalue weighted by atomic mass is 9.76. The zero-order valence-corrected chi connectivity index (χ0v) is 15.4. The first kappa shape index (κ1) is 16.9. The predicted octanol–water partition coefficient (Wildman–Crippen LogP) is 4.95. The summed E-state index contributed by atoms with van der Waals surface area (Å²) in [7, 11) is 1.71. The van der Waals surface area contributed by atoms with Crippen LogP contribution in [0, 0.1) is 5.92 Å². The van der Waals surface area contributed by atoms with Gasteiger partial charge in [-0.05, 0) is 48.4 Å². The number of aromatic nitrogens is 1. The number of ether oxygens (including phenoxy) is 1. The summed E-state index contributed by atoms with van der Waals surface area (Å²) in [5.41, 5.74) is 5.27. The van der Waals surface area contributed by atoms with E-state index in [0.717, 1.165) is 31.6 Å². The van der Waals surface area contributed by atoms with Crippen LogP contribution < -0.4 is 4.74 Å². The molecule has 2 atom stereocenters. The van der Waals surface area contributed by atoms with E-state index < -0.39 is 0 Å². The van der Waals surface area contributed by atoms with E-state index in [9.17, 15) is 4.79 Å². The lowest BCUT2D eigenvalue weighted by Gasteiger charge is -2.29. The largest absolute Gasteiger partial charge is 0.497 e. The highest BCUT2D eigenvalue weighted by atomic mass is 16.5. The molecule has 0 saturated heterocycles. The van der Waals surface area contributed by atoms with Gasteiger partial charge in [0.25, 0.3) is 0 Å². The summed E-state index contributed by atoms with van der Waals surface area (Å²) in [6, 6.07) is 16.9. The van der Waals surface area contributed by atoms with E-state index in [-0.39, 0.29) is 5.92 Å². The molecule has 1 aliphatic carbocycles. The summed E-state index contributed by atoms with van der Waals surface area (Å²) in [6.07, 6.45) is 4.06. The van der Waals surface area contributed by atoms with Crippen molar-refractivity contribution >= 4 is 17.2 Å². The molecular weight excluding hydrogens is 322 g/mol. The van der Waals surface area contributed by atoms with E-state index in [2.05, 4.69) is 54.0 Å². The van der Waals surface area contributed by atoms with Gasteiger partial charge in [0.2, 0.25) is 0 Å². The van der Waals surface area contributed by atoms with Gasteiger partial charge in [-0.1, -0.05) is 37.3 Å². The van der Waals surface area contributed by atoms with Crippen LogP contribution in [-0.2, 0) is 17.8 Å². The smallest absolute Gasteiger partial charge is 0.123 e. The number of hydrogen-bond acceptors (Lipinski definition) is 2. The quantitative estimate of drug-likeness (QED) is 0.611. The third-order valence-electron chi connectivity index (χ3n) is 5.82. The van der Waals surface area contributed by atoms with E-state index >= 15 is 0 Å². The number of nitrogens with zero attached hydrogens (tertiary/aromatic N) is 1. The number of fused-ring (bicyclic) bond motifs is 3. The SMILES string of the molecule is CC[C@H]1c2c(n(Cc3ccccc3)c3cc(OC)ccc23)CC[C@@H]1C=O. The first-order valence-corrected chi connectivity index (χ1v) is 9.45. The van der Waals surface area contributed by atoms with Crippen LogP contribution in [0.5, 0.6) is 5.75 Å². The topological polar surface area (TPSA) is 31.2 Å². The van der Waals surface area contributed by atoms with E-state index in [1.807, 2.05) is 6.07 Å². The highest BCUT2D eigenvalue weighted by Crippen LogP contribution is 2.44. The molecule has 3 heteroatoms. The van der Waals surface area contributed by atoms with Gasteiger partial charge in [-0.2, -0.15) is 0 Å².